The van der Waals surface area contributed by atoms with Crippen LogP contribution in [-0.4, -0.2) is 18.2 Å². The maximum atomic E-state index is 5.19. The van der Waals surface area contributed by atoms with E-state index >= 15 is 0 Å². The zero-order valence-corrected chi connectivity index (χ0v) is 11.6. The Kier molecular flexibility index (Phi) is 6.63. The molecule has 0 aliphatic rings. The summed E-state index contributed by atoms with van der Waals surface area (Å²) < 4.78 is 0. The summed E-state index contributed by atoms with van der Waals surface area (Å²) in [5.41, 5.74) is 2.67. The highest BCUT2D eigenvalue weighted by Crippen LogP contribution is 2.03. The van der Waals surface area contributed by atoms with Gasteiger partial charge in [-0.25, -0.2) is 0 Å². The minimum atomic E-state index is 0.770. The number of aryl methyl sites for hydroxylation is 1. The molecule has 3 heteroatoms. The molecular weight excluding hydrogens is 228 g/mol. The van der Waals surface area contributed by atoms with Gasteiger partial charge < -0.3 is 10.6 Å². The average molecular weight is 250 g/mol. The molecule has 0 saturated heterocycles. The van der Waals surface area contributed by atoms with Gasteiger partial charge in [0.2, 0.25) is 0 Å². The topological polar surface area (TPSA) is 24.1 Å². The average Bonchev–Trinajstić information content (AvgIpc) is 2.29. The fraction of sp³-hybridized carbons (Fsp3) is 0.500. The van der Waals surface area contributed by atoms with E-state index in [-0.39, 0.29) is 0 Å². The van der Waals surface area contributed by atoms with Crippen LogP contribution in [-0.2, 0) is 6.42 Å². The van der Waals surface area contributed by atoms with Gasteiger partial charge in [-0.15, -0.1) is 0 Å². The lowest BCUT2D eigenvalue weighted by molar-refractivity contribution is 0.737. The van der Waals surface area contributed by atoms with E-state index < -0.39 is 0 Å². The SMILES string of the molecule is CCCCNC(=S)NCCc1cccc(C)c1. The van der Waals surface area contributed by atoms with Gasteiger partial charge in [-0.2, -0.15) is 0 Å². The van der Waals surface area contributed by atoms with Gasteiger partial charge in [0.05, 0.1) is 0 Å². The Labute approximate surface area is 110 Å². The molecule has 0 aromatic heterocycles. The first-order chi connectivity index (χ1) is 8.22. The number of hydrogen-bond donors (Lipinski definition) is 2. The van der Waals surface area contributed by atoms with Crippen molar-refractivity contribution in [3.8, 4) is 0 Å². The lowest BCUT2D eigenvalue weighted by atomic mass is 10.1. The first kappa shape index (κ1) is 14.0. The summed E-state index contributed by atoms with van der Waals surface area (Å²) in [5, 5.41) is 7.20. The van der Waals surface area contributed by atoms with Crippen LogP contribution < -0.4 is 10.6 Å². The van der Waals surface area contributed by atoms with Crippen LogP contribution in [0.5, 0.6) is 0 Å². The fourth-order valence-corrected chi connectivity index (χ4v) is 1.83. The van der Waals surface area contributed by atoms with E-state index in [9.17, 15) is 0 Å². The van der Waals surface area contributed by atoms with E-state index in [4.69, 9.17) is 12.2 Å². The van der Waals surface area contributed by atoms with Crippen molar-refractivity contribution < 1.29 is 0 Å². The molecule has 0 heterocycles. The largest absolute Gasteiger partial charge is 0.363 e. The Morgan fingerprint density at radius 3 is 2.71 bits per heavy atom. The van der Waals surface area contributed by atoms with Gasteiger partial charge >= 0.3 is 0 Å². The van der Waals surface area contributed by atoms with Crippen LogP contribution in [0.4, 0.5) is 0 Å². The molecule has 0 fully saturated rings. The van der Waals surface area contributed by atoms with Crippen LogP contribution in [0.2, 0.25) is 0 Å². The van der Waals surface area contributed by atoms with Crippen LogP contribution in [0.15, 0.2) is 24.3 Å². The molecule has 0 bridgehead atoms. The van der Waals surface area contributed by atoms with Crippen molar-refractivity contribution in [1.29, 1.82) is 0 Å². The predicted octanol–water partition coefficient (Wildman–Crippen LogP) is 2.80. The maximum absolute atomic E-state index is 5.19. The molecule has 0 aliphatic carbocycles. The van der Waals surface area contributed by atoms with Gasteiger partial charge in [-0.3, -0.25) is 0 Å². The highest BCUT2D eigenvalue weighted by molar-refractivity contribution is 7.80. The molecule has 1 aromatic carbocycles. The standard InChI is InChI=1S/C14H22N2S/c1-3-4-9-15-14(17)16-10-8-13-7-5-6-12(2)11-13/h5-7,11H,3-4,8-10H2,1-2H3,(H2,15,16,17). The molecule has 0 unspecified atom stereocenters. The van der Waals surface area contributed by atoms with Crippen molar-refractivity contribution >= 4 is 17.3 Å². The third-order valence-electron chi connectivity index (χ3n) is 2.60. The second-order valence-corrected chi connectivity index (χ2v) is 4.68. The highest BCUT2D eigenvalue weighted by Gasteiger charge is 1.96. The van der Waals surface area contributed by atoms with Crippen LogP contribution in [0.1, 0.15) is 30.9 Å². The minimum Gasteiger partial charge on any atom is -0.363 e. The quantitative estimate of drug-likeness (QED) is 0.600. The number of thiocarbonyl (C=S) groups is 1. The lowest BCUT2D eigenvalue weighted by Gasteiger charge is -2.10. The number of unbranched alkanes of at least 4 members (excludes halogenated alkanes) is 1. The van der Waals surface area contributed by atoms with Crippen LogP contribution >= 0.6 is 12.2 Å². The van der Waals surface area contributed by atoms with Gasteiger partial charge in [0, 0.05) is 13.1 Å². The van der Waals surface area contributed by atoms with Gasteiger partial charge in [0.1, 0.15) is 0 Å². The molecule has 0 amide bonds. The molecule has 0 saturated carbocycles. The molecule has 0 aliphatic heterocycles. The Bertz CT molecular complexity index is 350. The van der Waals surface area contributed by atoms with Crippen molar-refractivity contribution in [3.05, 3.63) is 35.4 Å². The summed E-state index contributed by atoms with van der Waals surface area (Å²) in [6, 6.07) is 8.59. The predicted molar refractivity (Wildman–Crippen MR) is 78.4 cm³/mol. The Hall–Kier alpha value is -1.09. The fourth-order valence-electron chi connectivity index (χ4n) is 1.63. The summed E-state index contributed by atoms with van der Waals surface area (Å²) in [7, 11) is 0. The molecule has 94 valence electrons. The first-order valence-electron chi connectivity index (χ1n) is 6.29. The summed E-state index contributed by atoms with van der Waals surface area (Å²) >= 11 is 5.19. The van der Waals surface area contributed by atoms with Gasteiger partial charge in [-0.1, -0.05) is 43.2 Å². The summed E-state index contributed by atoms with van der Waals surface area (Å²) in [5.74, 6) is 0. The molecule has 1 aromatic rings. The van der Waals surface area contributed by atoms with Crippen molar-refractivity contribution in [2.75, 3.05) is 13.1 Å². The summed E-state index contributed by atoms with van der Waals surface area (Å²) in [6.45, 7) is 6.15. The highest BCUT2D eigenvalue weighted by atomic mass is 32.1. The zero-order chi connectivity index (χ0) is 12.5. The van der Waals surface area contributed by atoms with Crippen LogP contribution in [0.25, 0.3) is 0 Å². The van der Waals surface area contributed by atoms with E-state index in [0.29, 0.717) is 0 Å². The third-order valence-corrected chi connectivity index (χ3v) is 2.89. The minimum absolute atomic E-state index is 0.770. The second-order valence-electron chi connectivity index (χ2n) is 4.28. The molecule has 2 N–H and O–H groups in total. The van der Waals surface area contributed by atoms with Gasteiger partial charge in [-0.05, 0) is 37.5 Å². The lowest BCUT2D eigenvalue weighted by Crippen LogP contribution is -2.36. The van der Waals surface area contributed by atoms with Crippen molar-refractivity contribution in [3.63, 3.8) is 0 Å². The van der Waals surface area contributed by atoms with E-state index in [0.717, 1.165) is 24.6 Å². The van der Waals surface area contributed by atoms with Crippen LogP contribution in [0, 0.1) is 6.92 Å². The number of hydrogen-bond acceptors (Lipinski definition) is 1. The van der Waals surface area contributed by atoms with E-state index in [1.807, 2.05) is 0 Å². The Morgan fingerprint density at radius 1 is 1.24 bits per heavy atom. The van der Waals surface area contributed by atoms with Crippen molar-refractivity contribution in [1.82, 2.24) is 10.6 Å². The molecule has 17 heavy (non-hydrogen) atoms. The van der Waals surface area contributed by atoms with E-state index in [1.54, 1.807) is 0 Å². The zero-order valence-electron chi connectivity index (χ0n) is 10.8. The first-order valence-corrected chi connectivity index (χ1v) is 6.70. The van der Waals surface area contributed by atoms with Gasteiger partial charge in [0.15, 0.2) is 5.11 Å². The molecule has 0 radical (unpaired) electrons. The molecule has 0 atom stereocenters. The Morgan fingerprint density at radius 2 is 2.00 bits per heavy atom. The number of nitrogens with one attached hydrogen (secondary N) is 2. The Balaban J connectivity index is 2.17. The number of rotatable bonds is 6. The van der Waals surface area contributed by atoms with Crippen molar-refractivity contribution in [2.24, 2.45) is 0 Å². The van der Waals surface area contributed by atoms with Crippen molar-refractivity contribution in [2.45, 2.75) is 33.1 Å². The monoisotopic (exact) mass is 250 g/mol. The van der Waals surface area contributed by atoms with Gasteiger partial charge in [0.25, 0.3) is 0 Å². The normalized spacial score (nSPS) is 10.0. The van der Waals surface area contributed by atoms with E-state index in [1.165, 1.54) is 24.0 Å². The third kappa shape index (κ3) is 6.27. The number of benzene rings is 1. The summed E-state index contributed by atoms with van der Waals surface area (Å²) in [6.07, 6.45) is 3.37. The summed E-state index contributed by atoms with van der Waals surface area (Å²) in [4.78, 5) is 0. The maximum Gasteiger partial charge on any atom is 0.166 e. The molecule has 2 nitrogen and oxygen atoms in total. The molecule has 0 spiro atoms. The van der Waals surface area contributed by atoms with E-state index in [2.05, 4.69) is 48.7 Å². The molecular formula is C14H22N2S. The second kappa shape index (κ2) is 8.07. The molecule has 1 rings (SSSR count). The van der Waals surface area contributed by atoms with Crippen LogP contribution in [0.3, 0.4) is 0 Å². The smallest absolute Gasteiger partial charge is 0.166 e.